The number of hydrogen-bond donors (Lipinski definition) is 1. The summed E-state index contributed by atoms with van der Waals surface area (Å²) in [4.78, 5) is 25.5. The van der Waals surface area contributed by atoms with Crippen molar-refractivity contribution in [1.82, 2.24) is 8.97 Å². The highest BCUT2D eigenvalue weighted by atomic mass is 35.5. The van der Waals surface area contributed by atoms with E-state index in [9.17, 15) is 14.7 Å². The molecule has 0 atom stereocenters. The largest absolute Gasteiger partial charge is 0.503 e. The van der Waals surface area contributed by atoms with Crippen LogP contribution in [0.2, 0.25) is 5.02 Å². The summed E-state index contributed by atoms with van der Waals surface area (Å²) in [7, 11) is 0. The average molecular weight is 415 g/mol. The number of fused-ring (bicyclic) bond motifs is 1. The Morgan fingerprint density at radius 1 is 0.964 bits per heavy atom. The highest BCUT2D eigenvalue weighted by molar-refractivity contribution is 6.30. The Labute approximate surface area is 171 Å². The molecule has 0 fully saturated rings. The van der Waals surface area contributed by atoms with Gasteiger partial charge in [0, 0.05) is 29.2 Å². The van der Waals surface area contributed by atoms with Crippen molar-refractivity contribution in [2.45, 2.75) is 6.54 Å². The van der Waals surface area contributed by atoms with Gasteiger partial charge in [0.2, 0.25) is 5.43 Å². The Bertz CT molecular complexity index is 1260. The van der Waals surface area contributed by atoms with Crippen LogP contribution in [0.25, 0.3) is 16.6 Å². The molecule has 0 aliphatic rings. The summed E-state index contributed by atoms with van der Waals surface area (Å²) >= 11 is 5.99. The maximum absolute atomic E-state index is 12.8. The Balaban J connectivity index is 0.00000225. The first-order valence-electron chi connectivity index (χ1n) is 8.32. The van der Waals surface area contributed by atoms with Crippen molar-refractivity contribution in [1.29, 1.82) is 0 Å². The molecule has 0 aliphatic carbocycles. The zero-order valence-electron chi connectivity index (χ0n) is 14.6. The van der Waals surface area contributed by atoms with E-state index in [0.29, 0.717) is 16.1 Å². The highest BCUT2D eigenvalue weighted by Gasteiger charge is 2.15. The van der Waals surface area contributed by atoms with Crippen molar-refractivity contribution >= 4 is 29.5 Å². The molecule has 0 aliphatic heterocycles. The van der Waals surface area contributed by atoms with E-state index in [2.05, 4.69) is 0 Å². The summed E-state index contributed by atoms with van der Waals surface area (Å²) in [6, 6.07) is 16.2. The van der Waals surface area contributed by atoms with Crippen LogP contribution in [-0.4, -0.2) is 14.1 Å². The number of aromatic nitrogens is 2. The Morgan fingerprint density at radius 3 is 2.43 bits per heavy atom. The lowest BCUT2D eigenvalue weighted by molar-refractivity contribution is 0.472. The highest BCUT2D eigenvalue weighted by Crippen LogP contribution is 2.20. The lowest BCUT2D eigenvalue weighted by Crippen LogP contribution is -2.24. The molecule has 0 amide bonds. The van der Waals surface area contributed by atoms with Crippen molar-refractivity contribution < 1.29 is 5.11 Å². The molecule has 7 heteroatoms. The first-order valence-corrected chi connectivity index (χ1v) is 8.69. The van der Waals surface area contributed by atoms with Crippen LogP contribution in [-0.2, 0) is 6.54 Å². The van der Waals surface area contributed by atoms with E-state index in [4.69, 9.17) is 11.6 Å². The lowest BCUT2D eigenvalue weighted by atomic mass is 10.1. The Kier molecular flexibility index (Phi) is 5.58. The maximum atomic E-state index is 12.8. The topological polar surface area (TPSA) is 63.7 Å². The van der Waals surface area contributed by atoms with Crippen molar-refractivity contribution in [2.75, 3.05) is 0 Å². The van der Waals surface area contributed by atoms with Gasteiger partial charge >= 0.3 is 0 Å². The average Bonchev–Trinajstić information content (AvgIpc) is 2.67. The summed E-state index contributed by atoms with van der Waals surface area (Å²) < 4.78 is 2.91. The van der Waals surface area contributed by atoms with E-state index in [0.717, 1.165) is 5.56 Å². The third-order valence-corrected chi connectivity index (χ3v) is 4.64. The van der Waals surface area contributed by atoms with Crippen LogP contribution in [0.5, 0.6) is 5.75 Å². The predicted octanol–water partition coefficient (Wildman–Crippen LogP) is 3.96. The molecule has 5 nitrogen and oxygen atoms in total. The zero-order chi connectivity index (χ0) is 19.0. The molecule has 0 spiro atoms. The molecule has 4 rings (SSSR count). The normalized spacial score (nSPS) is 10.6. The smallest absolute Gasteiger partial charge is 0.279 e. The Morgan fingerprint density at radius 2 is 1.71 bits per heavy atom. The molecule has 0 bridgehead atoms. The van der Waals surface area contributed by atoms with E-state index in [-0.39, 0.29) is 24.5 Å². The van der Waals surface area contributed by atoms with Gasteiger partial charge in [-0.05, 0) is 23.3 Å². The second-order valence-corrected chi connectivity index (χ2v) is 6.64. The van der Waals surface area contributed by atoms with E-state index in [1.165, 1.54) is 8.97 Å². The van der Waals surface area contributed by atoms with Crippen molar-refractivity contribution in [3.63, 3.8) is 0 Å². The standard InChI is InChI=1S/C21H15ClN2O3.ClH/c22-16-8-4-5-14(11-16)12-24-10-9-23-13-17(15-6-2-1-3-7-15)19(25)20(26)18(23)21(24)27;/h1-11,13,26H,12H2;1H. The molecule has 1 N–H and O–H groups in total. The summed E-state index contributed by atoms with van der Waals surface area (Å²) in [6.45, 7) is 0.282. The van der Waals surface area contributed by atoms with Crippen molar-refractivity contribution in [3.8, 4) is 16.9 Å². The SMILES string of the molecule is Cl.O=c1c(-c2ccccc2)cn2ccn(Cc3cccc(Cl)c3)c(=O)c2c1O. The molecule has 2 aromatic heterocycles. The van der Waals surface area contributed by atoms with Gasteiger partial charge in [-0.1, -0.05) is 54.1 Å². The first kappa shape index (κ1) is 19.7. The first-order chi connectivity index (χ1) is 13.0. The number of nitrogens with zero attached hydrogens (tertiary/aromatic N) is 2. The fraction of sp³-hybridized carbons (Fsp3) is 0.0476. The van der Waals surface area contributed by atoms with Crippen LogP contribution in [0, 0.1) is 0 Å². The second kappa shape index (κ2) is 7.92. The quantitative estimate of drug-likeness (QED) is 0.551. The molecule has 0 saturated heterocycles. The maximum Gasteiger partial charge on any atom is 0.279 e. The molecule has 2 heterocycles. The Hall–Kier alpha value is -3.02. The molecule has 0 unspecified atom stereocenters. The molecule has 142 valence electrons. The molecular weight excluding hydrogens is 399 g/mol. The van der Waals surface area contributed by atoms with E-state index in [1.54, 1.807) is 48.9 Å². The van der Waals surface area contributed by atoms with Crippen LogP contribution in [0.3, 0.4) is 0 Å². The zero-order valence-corrected chi connectivity index (χ0v) is 16.2. The second-order valence-electron chi connectivity index (χ2n) is 6.20. The summed E-state index contributed by atoms with van der Waals surface area (Å²) in [6.07, 6.45) is 4.83. The number of aromatic hydroxyl groups is 1. The van der Waals surface area contributed by atoms with E-state index >= 15 is 0 Å². The monoisotopic (exact) mass is 414 g/mol. The number of halogens is 2. The van der Waals surface area contributed by atoms with Crippen LogP contribution in [0.1, 0.15) is 5.56 Å². The molecule has 0 saturated carbocycles. The minimum atomic E-state index is -0.571. The van der Waals surface area contributed by atoms with Gasteiger partial charge < -0.3 is 14.1 Å². The van der Waals surface area contributed by atoms with Gasteiger partial charge in [-0.25, -0.2) is 0 Å². The van der Waals surface area contributed by atoms with Crippen molar-refractivity contribution in [2.24, 2.45) is 0 Å². The van der Waals surface area contributed by atoms with Crippen LogP contribution < -0.4 is 11.0 Å². The number of rotatable bonds is 3. The summed E-state index contributed by atoms with van der Waals surface area (Å²) in [5, 5.41) is 11.0. The number of benzene rings is 2. The third kappa shape index (κ3) is 3.54. The molecular formula is C21H16Cl2N2O3. The van der Waals surface area contributed by atoms with E-state index in [1.807, 2.05) is 24.3 Å². The fourth-order valence-corrected chi connectivity index (χ4v) is 3.30. The molecule has 4 aromatic rings. The molecule has 28 heavy (non-hydrogen) atoms. The molecule has 2 aromatic carbocycles. The van der Waals surface area contributed by atoms with Gasteiger partial charge in [0.25, 0.3) is 5.56 Å². The van der Waals surface area contributed by atoms with E-state index < -0.39 is 16.7 Å². The lowest BCUT2D eigenvalue weighted by Gasteiger charge is -2.11. The predicted molar refractivity (Wildman–Crippen MR) is 113 cm³/mol. The fourth-order valence-electron chi connectivity index (χ4n) is 3.08. The van der Waals surface area contributed by atoms with Gasteiger partial charge in [0.1, 0.15) is 0 Å². The summed E-state index contributed by atoms with van der Waals surface area (Å²) in [5.41, 5.74) is 0.777. The van der Waals surface area contributed by atoms with Gasteiger partial charge in [-0.15, -0.1) is 12.4 Å². The third-order valence-electron chi connectivity index (χ3n) is 4.41. The minimum absolute atomic E-state index is 0. The minimum Gasteiger partial charge on any atom is -0.503 e. The molecule has 0 radical (unpaired) electrons. The van der Waals surface area contributed by atoms with Crippen LogP contribution >= 0.6 is 24.0 Å². The van der Waals surface area contributed by atoms with Crippen LogP contribution in [0.4, 0.5) is 0 Å². The van der Waals surface area contributed by atoms with Gasteiger partial charge in [0.15, 0.2) is 11.3 Å². The summed E-state index contributed by atoms with van der Waals surface area (Å²) in [5.74, 6) is -0.554. The van der Waals surface area contributed by atoms with Crippen molar-refractivity contribution in [3.05, 3.63) is 104 Å². The van der Waals surface area contributed by atoms with Gasteiger partial charge in [-0.2, -0.15) is 0 Å². The van der Waals surface area contributed by atoms with Crippen LogP contribution in [0.15, 0.2) is 82.8 Å². The van der Waals surface area contributed by atoms with Gasteiger partial charge in [0.05, 0.1) is 6.54 Å². The number of pyridine rings is 1. The number of hydrogen-bond acceptors (Lipinski definition) is 3. The van der Waals surface area contributed by atoms with Gasteiger partial charge in [-0.3, -0.25) is 9.59 Å².